The third-order valence-electron chi connectivity index (χ3n) is 7.62. The number of amides is 3. The Kier molecular flexibility index (Phi) is 4.43. The van der Waals surface area contributed by atoms with Crippen molar-refractivity contribution < 1.29 is 14.4 Å². The Morgan fingerprint density at radius 1 is 1.06 bits per heavy atom. The van der Waals surface area contributed by atoms with E-state index in [1.807, 2.05) is 6.92 Å². The number of carbonyl (C=O) groups is 3. The maximum absolute atomic E-state index is 13.3. The summed E-state index contributed by atoms with van der Waals surface area (Å²) in [5, 5.41) is 3.41. The highest BCUT2D eigenvalue weighted by atomic mass is 79.9. The molecular weight excluding hydrogens is 492 g/mol. The molecule has 1 aliphatic heterocycles. The third-order valence-corrected chi connectivity index (χ3v) is 8.99. The normalized spacial score (nSPS) is 31.5. The van der Waals surface area contributed by atoms with E-state index < -0.39 is 0 Å². The predicted molar refractivity (Wildman–Crippen MR) is 125 cm³/mol. The molecule has 0 radical (unpaired) electrons. The third kappa shape index (κ3) is 2.78. The van der Waals surface area contributed by atoms with Gasteiger partial charge in [0, 0.05) is 15.7 Å². The lowest BCUT2D eigenvalue weighted by molar-refractivity contribution is -0.124. The second-order valence-electron chi connectivity index (χ2n) is 9.20. The van der Waals surface area contributed by atoms with E-state index in [-0.39, 0.29) is 41.4 Å². The van der Waals surface area contributed by atoms with E-state index in [4.69, 9.17) is 11.6 Å². The first-order chi connectivity index (χ1) is 15.4. The average Bonchev–Trinajstić information content (AvgIpc) is 3.57. The predicted octanol–water partition coefficient (Wildman–Crippen LogP) is 5.22. The number of nitrogens with one attached hydrogen (secondary N) is 1. The highest BCUT2D eigenvalue weighted by Gasteiger charge is 2.67. The van der Waals surface area contributed by atoms with Crippen molar-refractivity contribution in [3.05, 3.63) is 69.2 Å². The van der Waals surface area contributed by atoms with Gasteiger partial charge in [-0.15, -0.1) is 0 Å². The molecule has 0 spiro atoms. The molecule has 4 aliphatic carbocycles. The van der Waals surface area contributed by atoms with E-state index in [2.05, 4.69) is 33.4 Å². The van der Waals surface area contributed by atoms with Gasteiger partial charge in [-0.3, -0.25) is 14.4 Å². The Morgan fingerprint density at radius 3 is 2.38 bits per heavy atom. The van der Waals surface area contributed by atoms with Gasteiger partial charge < -0.3 is 5.32 Å². The molecule has 3 fully saturated rings. The number of benzene rings is 2. The maximum atomic E-state index is 13.3. The van der Waals surface area contributed by atoms with Crippen LogP contribution in [0.25, 0.3) is 0 Å². The first-order valence-corrected chi connectivity index (χ1v) is 12.0. The van der Waals surface area contributed by atoms with Crippen LogP contribution in [-0.4, -0.2) is 17.7 Å². The molecule has 7 heteroatoms. The van der Waals surface area contributed by atoms with Gasteiger partial charge in [-0.05, 0) is 88.8 Å². The van der Waals surface area contributed by atoms with Crippen molar-refractivity contribution in [2.24, 2.45) is 35.5 Å². The molecule has 32 heavy (non-hydrogen) atoms. The zero-order valence-corrected chi connectivity index (χ0v) is 19.6. The fraction of sp³-hybridized carbons (Fsp3) is 0.320. The van der Waals surface area contributed by atoms with Crippen molar-refractivity contribution in [1.29, 1.82) is 0 Å². The summed E-state index contributed by atoms with van der Waals surface area (Å²) in [5.74, 6) is 0.365. The van der Waals surface area contributed by atoms with Crippen LogP contribution < -0.4 is 10.2 Å². The SMILES string of the molecule is Cc1c(NC(=O)c2cccc(N3C(=O)C4C5C=CC(C6CC56)C4C3=O)c2)ccc(Br)c1Cl. The van der Waals surface area contributed by atoms with Gasteiger partial charge in [0.15, 0.2) is 0 Å². The molecule has 1 N–H and O–H groups in total. The molecule has 0 aromatic heterocycles. The summed E-state index contributed by atoms with van der Waals surface area (Å²) >= 11 is 9.65. The number of hydrogen-bond donors (Lipinski definition) is 1. The summed E-state index contributed by atoms with van der Waals surface area (Å²) in [4.78, 5) is 40.9. The van der Waals surface area contributed by atoms with Gasteiger partial charge in [0.05, 0.1) is 22.5 Å². The Hall–Kier alpha value is -2.44. The number of allylic oxidation sites excluding steroid dienone is 2. The van der Waals surface area contributed by atoms with Gasteiger partial charge in [-0.1, -0.05) is 29.8 Å². The Bertz CT molecular complexity index is 1210. The van der Waals surface area contributed by atoms with Gasteiger partial charge in [0.25, 0.3) is 5.91 Å². The summed E-state index contributed by atoms with van der Waals surface area (Å²) in [6.45, 7) is 1.83. The van der Waals surface area contributed by atoms with Crippen molar-refractivity contribution in [2.45, 2.75) is 13.3 Å². The molecule has 7 rings (SSSR count). The molecular formula is C25H20BrClN2O3. The summed E-state index contributed by atoms with van der Waals surface area (Å²) in [6, 6.07) is 10.3. The smallest absolute Gasteiger partial charge is 0.255 e. The van der Waals surface area contributed by atoms with Gasteiger partial charge in [0.2, 0.25) is 11.8 Å². The summed E-state index contributed by atoms with van der Waals surface area (Å²) in [6.07, 6.45) is 5.44. The molecule has 6 unspecified atom stereocenters. The standard InChI is InChI=1S/C25H20BrClN2O3/c1-11-19(8-7-18(26)22(11)27)28-23(30)12-3-2-4-13(9-12)29-24(31)20-14-5-6-15(17-10-16(14)17)21(20)25(29)32/h2-9,14-17,20-21H,10H2,1H3,(H,28,30). The monoisotopic (exact) mass is 510 g/mol. The van der Waals surface area contributed by atoms with E-state index in [0.717, 1.165) is 16.5 Å². The number of imide groups is 1. The van der Waals surface area contributed by atoms with Gasteiger partial charge in [-0.25, -0.2) is 4.90 Å². The largest absolute Gasteiger partial charge is 0.322 e. The minimum absolute atomic E-state index is 0.127. The van der Waals surface area contributed by atoms with Crippen LogP contribution in [0, 0.1) is 42.4 Å². The van der Waals surface area contributed by atoms with Crippen molar-refractivity contribution in [3.8, 4) is 0 Å². The lowest BCUT2D eigenvalue weighted by Crippen LogP contribution is -2.40. The van der Waals surface area contributed by atoms with Crippen molar-refractivity contribution in [2.75, 3.05) is 10.2 Å². The molecule has 1 saturated heterocycles. The average molecular weight is 512 g/mol. The minimum Gasteiger partial charge on any atom is -0.322 e. The quantitative estimate of drug-likeness (QED) is 0.454. The van der Waals surface area contributed by atoms with Crippen molar-refractivity contribution in [3.63, 3.8) is 0 Å². The molecule has 3 amide bonds. The van der Waals surface area contributed by atoms with E-state index in [9.17, 15) is 14.4 Å². The molecule has 5 nitrogen and oxygen atoms in total. The molecule has 5 aliphatic rings. The van der Waals surface area contributed by atoms with Gasteiger partial charge >= 0.3 is 0 Å². The molecule has 1 heterocycles. The summed E-state index contributed by atoms with van der Waals surface area (Å²) in [5.41, 5.74) is 2.19. The molecule has 2 saturated carbocycles. The van der Waals surface area contributed by atoms with Crippen LogP contribution in [0.1, 0.15) is 22.3 Å². The number of nitrogens with zero attached hydrogens (tertiary/aromatic N) is 1. The number of rotatable bonds is 3. The first-order valence-electron chi connectivity index (χ1n) is 10.8. The van der Waals surface area contributed by atoms with E-state index >= 15 is 0 Å². The van der Waals surface area contributed by atoms with Crippen LogP contribution >= 0.6 is 27.5 Å². The Balaban J connectivity index is 1.28. The molecule has 6 atom stereocenters. The number of carbonyl (C=O) groups excluding carboxylic acids is 3. The number of halogens is 2. The fourth-order valence-electron chi connectivity index (χ4n) is 5.98. The fourth-order valence-corrected chi connectivity index (χ4v) is 6.57. The maximum Gasteiger partial charge on any atom is 0.255 e. The van der Waals surface area contributed by atoms with Crippen LogP contribution in [0.15, 0.2) is 53.0 Å². The zero-order valence-electron chi connectivity index (χ0n) is 17.2. The zero-order chi connectivity index (χ0) is 22.3. The molecule has 2 aromatic rings. The lowest BCUT2D eigenvalue weighted by Gasteiger charge is -2.37. The van der Waals surface area contributed by atoms with E-state index in [0.29, 0.717) is 33.8 Å². The Labute approximate surface area is 198 Å². The second kappa shape index (κ2) is 7.03. The van der Waals surface area contributed by atoms with E-state index in [1.165, 1.54) is 4.90 Å². The Morgan fingerprint density at radius 2 is 1.72 bits per heavy atom. The van der Waals surface area contributed by atoms with Crippen molar-refractivity contribution >= 4 is 56.6 Å². The van der Waals surface area contributed by atoms with Crippen LogP contribution in [0.4, 0.5) is 11.4 Å². The second-order valence-corrected chi connectivity index (χ2v) is 10.4. The summed E-state index contributed by atoms with van der Waals surface area (Å²) in [7, 11) is 0. The van der Waals surface area contributed by atoms with Crippen LogP contribution in [0.2, 0.25) is 5.02 Å². The highest BCUT2D eigenvalue weighted by Crippen LogP contribution is 2.65. The summed E-state index contributed by atoms with van der Waals surface area (Å²) < 4.78 is 0.755. The molecule has 2 aromatic carbocycles. The number of hydrogen-bond acceptors (Lipinski definition) is 3. The molecule has 162 valence electrons. The van der Waals surface area contributed by atoms with E-state index in [1.54, 1.807) is 36.4 Å². The lowest BCUT2D eigenvalue weighted by atomic mass is 9.63. The number of anilines is 2. The van der Waals surface area contributed by atoms with Crippen molar-refractivity contribution in [1.82, 2.24) is 0 Å². The van der Waals surface area contributed by atoms with Crippen LogP contribution in [0.5, 0.6) is 0 Å². The topological polar surface area (TPSA) is 66.5 Å². The highest BCUT2D eigenvalue weighted by molar-refractivity contribution is 9.10. The van der Waals surface area contributed by atoms with Crippen LogP contribution in [0.3, 0.4) is 0 Å². The van der Waals surface area contributed by atoms with Gasteiger partial charge in [-0.2, -0.15) is 0 Å². The molecule has 2 bridgehead atoms. The van der Waals surface area contributed by atoms with Crippen LogP contribution in [-0.2, 0) is 9.59 Å². The first kappa shape index (κ1) is 20.2. The van der Waals surface area contributed by atoms with Gasteiger partial charge in [0.1, 0.15) is 0 Å². The minimum atomic E-state index is -0.326.